The first-order chi connectivity index (χ1) is 13.8. The molecule has 1 fully saturated rings. The van der Waals surface area contributed by atoms with Crippen LogP contribution in [0.4, 0.5) is 16.0 Å². The van der Waals surface area contributed by atoms with Gasteiger partial charge in [-0.2, -0.15) is 12.7 Å². The number of aryl methyl sites for hydroxylation is 1. The van der Waals surface area contributed by atoms with Crippen molar-refractivity contribution in [3.05, 3.63) is 41.2 Å². The maximum absolute atomic E-state index is 14.2. The summed E-state index contributed by atoms with van der Waals surface area (Å²) in [7, 11) is -3.68. The molecule has 11 heteroatoms. The number of aliphatic hydroxyl groups is 1. The molecule has 1 aliphatic heterocycles. The first-order valence-corrected chi connectivity index (χ1v) is 11.6. The van der Waals surface area contributed by atoms with Gasteiger partial charge in [0.2, 0.25) is 0 Å². The number of rotatable bonds is 9. The van der Waals surface area contributed by atoms with Crippen LogP contribution in [0.2, 0.25) is 0 Å². The number of aromatic nitrogens is 2. The summed E-state index contributed by atoms with van der Waals surface area (Å²) in [5.74, 6) is 0.508. The third-order valence-corrected chi connectivity index (χ3v) is 6.80. The third-order valence-electron chi connectivity index (χ3n) is 4.39. The van der Waals surface area contributed by atoms with Crippen molar-refractivity contribution < 1.29 is 17.9 Å². The summed E-state index contributed by atoms with van der Waals surface area (Å²) < 4.78 is 42.8. The number of anilines is 2. The zero-order valence-corrected chi connectivity index (χ0v) is 17.9. The number of nitrogens with one attached hydrogen (secondary N) is 2. The van der Waals surface area contributed by atoms with Crippen LogP contribution in [0, 0.1) is 12.7 Å². The molecule has 1 aromatic carbocycles. The topological polar surface area (TPSA) is 107 Å². The van der Waals surface area contributed by atoms with Crippen LogP contribution < -0.4 is 10.0 Å². The molecule has 3 rings (SSSR count). The Hall–Kier alpha value is -1.95. The van der Waals surface area contributed by atoms with Gasteiger partial charge in [-0.1, -0.05) is 30.0 Å². The molecule has 0 unspecified atom stereocenters. The summed E-state index contributed by atoms with van der Waals surface area (Å²) in [5.41, 5.74) is 1.07. The summed E-state index contributed by atoms with van der Waals surface area (Å²) in [6.45, 7) is 4.29. The molecule has 0 aliphatic carbocycles. The van der Waals surface area contributed by atoms with E-state index in [1.165, 1.54) is 22.1 Å². The minimum atomic E-state index is -3.68. The fourth-order valence-electron chi connectivity index (χ4n) is 2.60. The lowest BCUT2D eigenvalue weighted by Gasteiger charge is -2.29. The van der Waals surface area contributed by atoms with E-state index in [-0.39, 0.29) is 24.3 Å². The number of hydrogen-bond acceptors (Lipinski definition) is 7. The van der Waals surface area contributed by atoms with Crippen molar-refractivity contribution >= 4 is 33.6 Å². The molecule has 0 saturated carbocycles. The lowest BCUT2D eigenvalue weighted by molar-refractivity contribution is 0.281. The van der Waals surface area contributed by atoms with Crippen molar-refractivity contribution in [3.8, 4) is 0 Å². The van der Waals surface area contributed by atoms with Crippen LogP contribution in [0.25, 0.3) is 0 Å². The number of nitrogens with zero attached hydrogens (tertiary/aromatic N) is 3. The van der Waals surface area contributed by atoms with Gasteiger partial charge in [0.05, 0.1) is 6.61 Å². The first kappa shape index (κ1) is 21.8. The van der Waals surface area contributed by atoms with E-state index in [0.29, 0.717) is 40.9 Å². The SMILES string of the molecule is Cc1cccc(CSc2nc(N[C@H](C)CO)cc(NS(=O)(=O)N3CCC3)n2)c1F. The maximum Gasteiger partial charge on any atom is 0.302 e. The van der Waals surface area contributed by atoms with Gasteiger partial charge in [-0.15, -0.1) is 0 Å². The van der Waals surface area contributed by atoms with Gasteiger partial charge in [0, 0.05) is 31.0 Å². The van der Waals surface area contributed by atoms with Crippen molar-refractivity contribution in [1.29, 1.82) is 0 Å². The molecule has 158 valence electrons. The number of hydrogen-bond donors (Lipinski definition) is 3. The molecular formula is C18H24FN5O3S2. The first-order valence-electron chi connectivity index (χ1n) is 9.19. The van der Waals surface area contributed by atoms with Crippen molar-refractivity contribution in [2.24, 2.45) is 0 Å². The highest BCUT2D eigenvalue weighted by Gasteiger charge is 2.28. The van der Waals surface area contributed by atoms with Gasteiger partial charge >= 0.3 is 10.2 Å². The summed E-state index contributed by atoms with van der Waals surface area (Å²) in [6.07, 6.45) is 0.828. The van der Waals surface area contributed by atoms with Gasteiger partial charge in [0.1, 0.15) is 17.5 Å². The fraction of sp³-hybridized carbons (Fsp3) is 0.444. The van der Waals surface area contributed by atoms with E-state index in [4.69, 9.17) is 0 Å². The monoisotopic (exact) mass is 441 g/mol. The van der Waals surface area contributed by atoms with Crippen LogP contribution in [0.1, 0.15) is 24.5 Å². The molecule has 3 N–H and O–H groups in total. The van der Waals surface area contributed by atoms with E-state index in [0.717, 1.165) is 6.42 Å². The van der Waals surface area contributed by atoms with E-state index in [2.05, 4.69) is 20.0 Å². The third kappa shape index (κ3) is 5.56. The predicted octanol–water partition coefficient (Wildman–Crippen LogP) is 2.37. The molecule has 0 bridgehead atoms. The number of benzene rings is 1. The van der Waals surface area contributed by atoms with Gasteiger partial charge in [-0.05, 0) is 31.4 Å². The lowest BCUT2D eigenvalue weighted by Crippen LogP contribution is -2.45. The lowest BCUT2D eigenvalue weighted by atomic mass is 10.1. The Balaban J connectivity index is 1.82. The van der Waals surface area contributed by atoms with E-state index in [9.17, 15) is 17.9 Å². The second kappa shape index (κ2) is 9.24. The molecule has 1 atom stereocenters. The van der Waals surface area contributed by atoms with E-state index in [1.54, 1.807) is 32.0 Å². The van der Waals surface area contributed by atoms with E-state index >= 15 is 0 Å². The number of halogens is 1. The molecular weight excluding hydrogens is 417 g/mol. The molecule has 29 heavy (non-hydrogen) atoms. The Labute approximate surface area is 174 Å². The normalized spacial score (nSPS) is 15.6. The average Bonchev–Trinajstić information content (AvgIpc) is 2.60. The molecule has 0 spiro atoms. The Bertz CT molecular complexity index is 970. The molecule has 8 nitrogen and oxygen atoms in total. The summed E-state index contributed by atoms with van der Waals surface area (Å²) >= 11 is 1.20. The van der Waals surface area contributed by atoms with Gasteiger partial charge in [0.15, 0.2) is 5.16 Å². The Morgan fingerprint density at radius 1 is 1.31 bits per heavy atom. The molecule has 2 aromatic rings. The van der Waals surface area contributed by atoms with Crippen LogP contribution in [0.5, 0.6) is 0 Å². The van der Waals surface area contributed by atoms with E-state index < -0.39 is 10.2 Å². The van der Waals surface area contributed by atoms with E-state index in [1.807, 2.05) is 0 Å². The maximum atomic E-state index is 14.2. The minimum Gasteiger partial charge on any atom is -0.394 e. The van der Waals surface area contributed by atoms with Gasteiger partial charge in [-0.3, -0.25) is 4.72 Å². The van der Waals surface area contributed by atoms with Crippen LogP contribution in [0.15, 0.2) is 29.4 Å². The molecule has 1 saturated heterocycles. The molecule has 1 aromatic heterocycles. The quantitative estimate of drug-likeness (QED) is 0.405. The largest absolute Gasteiger partial charge is 0.394 e. The standard InChI is InChI=1S/C18H24FN5O3S2/c1-12-5-3-6-14(17(12)19)11-28-18-21-15(20-13(2)10-25)9-16(22-18)23-29(26,27)24-7-4-8-24/h3,5-6,9,13,25H,4,7-8,10-11H2,1-2H3,(H2,20,21,22,23)/t13-/m1/s1. The second-order valence-electron chi connectivity index (χ2n) is 6.85. The molecule has 0 radical (unpaired) electrons. The van der Waals surface area contributed by atoms with Crippen LogP contribution >= 0.6 is 11.8 Å². The van der Waals surface area contributed by atoms with Gasteiger partial charge < -0.3 is 10.4 Å². The van der Waals surface area contributed by atoms with Crippen molar-refractivity contribution in [1.82, 2.24) is 14.3 Å². The number of thioether (sulfide) groups is 1. The zero-order valence-electron chi connectivity index (χ0n) is 16.2. The average molecular weight is 442 g/mol. The Kier molecular flexibility index (Phi) is 6.93. The van der Waals surface area contributed by atoms with Gasteiger partial charge in [-0.25, -0.2) is 14.4 Å². The molecule has 2 heterocycles. The highest BCUT2D eigenvalue weighted by Crippen LogP contribution is 2.26. The van der Waals surface area contributed by atoms with Crippen molar-refractivity contribution in [3.63, 3.8) is 0 Å². The van der Waals surface area contributed by atoms with Crippen molar-refractivity contribution in [2.45, 2.75) is 37.2 Å². The smallest absolute Gasteiger partial charge is 0.302 e. The molecule has 1 aliphatic rings. The van der Waals surface area contributed by atoms with Crippen LogP contribution in [-0.4, -0.2) is 53.5 Å². The number of aliphatic hydroxyl groups excluding tert-OH is 1. The van der Waals surface area contributed by atoms with Gasteiger partial charge in [0.25, 0.3) is 0 Å². The zero-order chi connectivity index (χ0) is 21.0. The summed E-state index contributed by atoms with van der Waals surface area (Å²) in [6, 6.07) is 6.36. The highest BCUT2D eigenvalue weighted by molar-refractivity contribution is 7.98. The minimum absolute atomic E-state index is 0.115. The molecule has 0 amide bonds. The Morgan fingerprint density at radius 3 is 2.69 bits per heavy atom. The Morgan fingerprint density at radius 2 is 2.03 bits per heavy atom. The second-order valence-corrected chi connectivity index (χ2v) is 9.46. The summed E-state index contributed by atoms with van der Waals surface area (Å²) in [5, 5.41) is 12.6. The fourth-order valence-corrected chi connectivity index (χ4v) is 4.67. The van der Waals surface area contributed by atoms with Crippen molar-refractivity contribution in [2.75, 3.05) is 29.7 Å². The van der Waals surface area contributed by atoms with Crippen LogP contribution in [0.3, 0.4) is 0 Å². The summed E-state index contributed by atoms with van der Waals surface area (Å²) in [4.78, 5) is 8.63. The predicted molar refractivity (Wildman–Crippen MR) is 112 cm³/mol. The van der Waals surface area contributed by atoms with Crippen LogP contribution in [-0.2, 0) is 16.0 Å². The highest BCUT2D eigenvalue weighted by atomic mass is 32.2.